The Kier molecular flexibility index (Phi) is 4.46. The number of aliphatic carboxylic acids is 1. The van der Waals surface area contributed by atoms with Gasteiger partial charge in [0.05, 0.1) is 0 Å². The zero-order chi connectivity index (χ0) is 12.8. The van der Waals surface area contributed by atoms with Crippen LogP contribution in [0, 0.1) is 0 Å². The molecule has 1 aromatic rings. The molecule has 17 heavy (non-hydrogen) atoms. The van der Waals surface area contributed by atoms with Crippen molar-refractivity contribution >= 4 is 11.9 Å². The number of benzene rings is 1. The first-order chi connectivity index (χ1) is 8.02. The lowest BCUT2D eigenvalue weighted by Gasteiger charge is -2.12. The van der Waals surface area contributed by atoms with Gasteiger partial charge in [-0.15, -0.1) is 0 Å². The van der Waals surface area contributed by atoms with Crippen LogP contribution < -0.4 is 5.32 Å². The van der Waals surface area contributed by atoms with Gasteiger partial charge in [-0.3, -0.25) is 4.79 Å². The molecule has 2 N–H and O–H groups in total. The number of carboxylic acids is 1. The van der Waals surface area contributed by atoms with Crippen molar-refractivity contribution in [1.29, 1.82) is 0 Å². The molecule has 4 nitrogen and oxygen atoms in total. The molecule has 1 amide bonds. The Morgan fingerprint density at radius 3 is 2.47 bits per heavy atom. The van der Waals surface area contributed by atoms with Crippen LogP contribution in [0.4, 0.5) is 0 Å². The quantitative estimate of drug-likeness (QED) is 0.460. The first kappa shape index (κ1) is 13.0. The van der Waals surface area contributed by atoms with Crippen LogP contribution >= 0.6 is 0 Å². The van der Waals surface area contributed by atoms with E-state index in [4.69, 9.17) is 5.11 Å². The molecule has 0 bridgehead atoms. The molecule has 4 heteroatoms. The van der Waals surface area contributed by atoms with E-state index in [1.807, 2.05) is 37.3 Å². The fourth-order valence-electron chi connectivity index (χ4n) is 1.35. The van der Waals surface area contributed by atoms with E-state index >= 15 is 0 Å². The van der Waals surface area contributed by atoms with Gasteiger partial charge < -0.3 is 10.4 Å². The van der Waals surface area contributed by atoms with E-state index < -0.39 is 17.4 Å². The van der Waals surface area contributed by atoms with Crippen molar-refractivity contribution in [1.82, 2.24) is 5.32 Å². The van der Waals surface area contributed by atoms with Gasteiger partial charge in [-0.2, -0.15) is 0 Å². The molecule has 1 atom stereocenters. The lowest BCUT2D eigenvalue weighted by Crippen LogP contribution is -2.30. The Hall–Kier alpha value is -2.10. The Morgan fingerprint density at radius 2 is 1.94 bits per heavy atom. The third-order valence-electron chi connectivity index (χ3n) is 2.47. The summed E-state index contributed by atoms with van der Waals surface area (Å²) in [6.45, 7) is 5.53. The SMILES string of the molecule is C=C(C(=O)O)C(=O)NCC(C)c1ccccc1. The Balaban J connectivity index is 2.49. The number of rotatable bonds is 5. The summed E-state index contributed by atoms with van der Waals surface area (Å²) in [6, 6.07) is 9.68. The number of nitrogens with one attached hydrogen (secondary N) is 1. The van der Waals surface area contributed by atoms with E-state index in [1.54, 1.807) is 0 Å². The van der Waals surface area contributed by atoms with Crippen molar-refractivity contribution in [3.8, 4) is 0 Å². The highest BCUT2D eigenvalue weighted by Gasteiger charge is 2.15. The highest BCUT2D eigenvalue weighted by atomic mass is 16.4. The van der Waals surface area contributed by atoms with Crippen LogP contribution in [0.2, 0.25) is 0 Å². The van der Waals surface area contributed by atoms with Crippen molar-refractivity contribution in [2.24, 2.45) is 0 Å². The predicted octanol–water partition coefficient (Wildman–Crippen LogP) is 1.55. The maximum Gasteiger partial charge on any atom is 0.340 e. The summed E-state index contributed by atoms with van der Waals surface area (Å²) in [5, 5.41) is 11.1. The fraction of sp³-hybridized carbons (Fsp3) is 0.231. The molecule has 1 rings (SSSR count). The standard InChI is InChI=1S/C13H15NO3/c1-9(11-6-4-3-5-7-11)8-14-12(15)10(2)13(16)17/h3-7,9H,2,8H2,1H3,(H,14,15)(H,16,17). The molecule has 0 saturated heterocycles. The van der Waals surface area contributed by atoms with Crippen molar-refractivity contribution in [3.63, 3.8) is 0 Å². The molecule has 0 aliphatic rings. The lowest BCUT2D eigenvalue weighted by atomic mass is 10.0. The molecular formula is C13H15NO3. The molecule has 0 aliphatic carbocycles. The summed E-state index contributed by atoms with van der Waals surface area (Å²) in [5.74, 6) is -1.81. The van der Waals surface area contributed by atoms with Gasteiger partial charge in [-0.25, -0.2) is 4.79 Å². The highest BCUT2D eigenvalue weighted by Crippen LogP contribution is 2.13. The number of carbonyl (C=O) groups excluding carboxylic acids is 1. The van der Waals surface area contributed by atoms with Gasteiger partial charge in [0.25, 0.3) is 5.91 Å². The van der Waals surface area contributed by atoms with Crippen LogP contribution in [-0.4, -0.2) is 23.5 Å². The van der Waals surface area contributed by atoms with Crippen LogP contribution in [0.5, 0.6) is 0 Å². The Labute approximate surface area is 100.0 Å². The second-order valence-corrected chi connectivity index (χ2v) is 3.81. The number of amides is 1. The summed E-state index contributed by atoms with van der Waals surface area (Å²) in [6.07, 6.45) is 0. The summed E-state index contributed by atoms with van der Waals surface area (Å²) >= 11 is 0. The maximum atomic E-state index is 11.3. The topological polar surface area (TPSA) is 66.4 Å². The normalized spacial score (nSPS) is 11.6. The van der Waals surface area contributed by atoms with Gasteiger partial charge in [0, 0.05) is 6.54 Å². The number of hydrogen-bond acceptors (Lipinski definition) is 2. The second kappa shape index (κ2) is 5.84. The monoisotopic (exact) mass is 233 g/mol. The lowest BCUT2D eigenvalue weighted by molar-refractivity contribution is -0.134. The van der Waals surface area contributed by atoms with Gasteiger partial charge >= 0.3 is 5.97 Å². The first-order valence-corrected chi connectivity index (χ1v) is 5.27. The zero-order valence-electron chi connectivity index (χ0n) is 9.64. The zero-order valence-corrected chi connectivity index (χ0v) is 9.64. The summed E-state index contributed by atoms with van der Waals surface area (Å²) in [7, 11) is 0. The van der Waals surface area contributed by atoms with Crippen LogP contribution in [-0.2, 0) is 9.59 Å². The molecule has 0 spiro atoms. The maximum absolute atomic E-state index is 11.3. The highest BCUT2D eigenvalue weighted by molar-refractivity contribution is 6.14. The van der Waals surface area contributed by atoms with E-state index in [0.717, 1.165) is 5.56 Å². The van der Waals surface area contributed by atoms with Gasteiger partial charge in [-0.1, -0.05) is 43.8 Å². The van der Waals surface area contributed by atoms with Crippen LogP contribution in [0.3, 0.4) is 0 Å². The molecule has 0 saturated carbocycles. The van der Waals surface area contributed by atoms with E-state index in [0.29, 0.717) is 6.54 Å². The third kappa shape index (κ3) is 3.75. The van der Waals surface area contributed by atoms with E-state index in [-0.39, 0.29) is 5.92 Å². The molecular weight excluding hydrogens is 218 g/mol. The molecule has 0 aliphatic heterocycles. The van der Waals surface area contributed by atoms with Crippen molar-refractivity contribution in [2.75, 3.05) is 6.54 Å². The smallest absolute Gasteiger partial charge is 0.340 e. The largest absolute Gasteiger partial charge is 0.478 e. The van der Waals surface area contributed by atoms with Crippen LogP contribution in [0.15, 0.2) is 42.5 Å². The Bertz CT molecular complexity index is 426. The summed E-state index contributed by atoms with van der Waals surface area (Å²) < 4.78 is 0. The molecule has 0 aromatic heterocycles. The van der Waals surface area contributed by atoms with Gasteiger partial charge in [0.1, 0.15) is 5.57 Å². The second-order valence-electron chi connectivity index (χ2n) is 3.81. The minimum Gasteiger partial charge on any atom is -0.478 e. The molecule has 90 valence electrons. The third-order valence-corrected chi connectivity index (χ3v) is 2.47. The van der Waals surface area contributed by atoms with E-state index in [9.17, 15) is 9.59 Å². The molecule has 0 radical (unpaired) electrons. The molecule has 0 fully saturated rings. The van der Waals surface area contributed by atoms with Crippen LogP contribution in [0.1, 0.15) is 18.4 Å². The van der Waals surface area contributed by atoms with E-state index in [1.165, 1.54) is 0 Å². The summed E-state index contributed by atoms with van der Waals surface area (Å²) in [5.41, 5.74) is 0.652. The minimum atomic E-state index is -1.30. The fourth-order valence-corrected chi connectivity index (χ4v) is 1.35. The van der Waals surface area contributed by atoms with Crippen molar-refractivity contribution in [3.05, 3.63) is 48.0 Å². The van der Waals surface area contributed by atoms with Gasteiger partial charge in [-0.05, 0) is 11.5 Å². The van der Waals surface area contributed by atoms with Crippen LogP contribution in [0.25, 0.3) is 0 Å². The Morgan fingerprint density at radius 1 is 1.35 bits per heavy atom. The van der Waals surface area contributed by atoms with Crippen molar-refractivity contribution in [2.45, 2.75) is 12.8 Å². The average molecular weight is 233 g/mol. The van der Waals surface area contributed by atoms with Gasteiger partial charge in [0.15, 0.2) is 0 Å². The van der Waals surface area contributed by atoms with Gasteiger partial charge in [0.2, 0.25) is 0 Å². The molecule has 1 unspecified atom stereocenters. The first-order valence-electron chi connectivity index (χ1n) is 5.27. The summed E-state index contributed by atoms with van der Waals surface area (Å²) in [4.78, 5) is 21.8. The number of carbonyl (C=O) groups is 2. The predicted molar refractivity (Wildman–Crippen MR) is 64.6 cm³/mol. The minimum absolute atomic E-state index is 0.127. The average Bonchev–Trinajstić information content (AvgIpc) is 2.35. The molecule has 0 heterocycles. The van der Waals surface area contributed by atoms with Crippen molar-refractivity contribution < 1.29 is 14.7 Å². The molecule has 1 aromatic carbocycles. The van der Waals surface area contributed by atoms with E-state index in [2.05, 4.69) is 11.9 Å². The number of hydrogen-bond donors (Lipinski definition) is 2. The number of carboxylic acid groups (broad SMARTS) is 1.